The van der Waals surface area contributed by atoms with Crippen molar-refractivity contribution in [3.63, 3.8) is 0 Å². The molecule has 1 fully saturated rings. The van der Waals surface area contributed by atoms with E-state index in [1.54, 1.807) is 19.1 Å². The Morgan fingerprint density at radius 3 is 2.47 bits per heavy atom. The Bertz CT molecular complexity index is 957. The number of benzene rings is 2. The van der Waals surface area contributed by atoms with Crippen LogP contribution in [0, 0.1) is 0 Å². The predicted molar refractivity (Wildman–Crippen MR) is 120 cm³/mol. The van der Waals surface area contributed by atoms with Crippen molar-refractivity contribution in [1.29, 1.82) is 0 Å². The molecule has 2 aromatic carbocycles. The molecule has 4 rings (SSSR count). The lowest BCUT2D eigenvalue weighted by molar-refractivity contribution is -0.151. The number of carbonyl (C=O) groups is 2. The standard InChI is InChI=1S/C24H27ClN2O5/c1-2-30-24(29)23(18-5-7-19(25)8-6-18)27-13-11-26(12-14-27)22(28)10-4-17-3-9-20-21(15-17)32-16-31-20/h3,5-9,15,23H,2,4,10-14,16H2,1H3/t23-/m1/s1. The Morgan fingerprint density at radius 2 is 1.75 bits per heavy atom. The highest BCUT2D eigenvalue weighted by Gasteiger charge is 2.32. The summed E-state index contributed by atoms with van der Waals surface area (Å²) in [5.74, 6) is 1.31. The van der Waals surface area contributed by atoms with Crippen LogP contribution in [0.25, 0.3) is 0 Å². The number of amides is 1. The van der Waals surface area contributed by atoms with Crippen LogP contribution in [0.3, 0.4) is 0 Å². The molecule has 0 aromatic heterocycles. The van der Waals surface area contributed by atoms with Gasteiger partial charge in [-0.3, -0.25) is 9.69 Å². The molecule has 1 atom stereocenters. The average Bonchev–Trinajstić information content (AvgIpc) is 3.27. The summed E-state index contributed by atoms with van der Waals surface area (Å²) in [6, 6.07) is 12.5. The number of esters is 1. The van der Waals surface area contributed by atoms with Crippen LogP contribution < -0.4 is 9.47 Å². The van der Waals surface area contributed by atoms with Crippen molar-refractivity contribution in [2.45, 2.75) is 25.8 Å². The van der Waals surface area contributed by atoms with E-state index in [0.29, 0.717) is 50.7 Å². The van der Waals surface area contributed by atoms with Gasteiger partial charge in [0.25, 0.3) is 0 Å². The fraction of sp³-hybridized carbons (Fsp3) is 0.417. The molecule has 2 aliphatic heterocycles. The van der Waals surface area contributed by atoms with Crippen molar-refractivity contribution in [3.8, 4) is 11.5 Å². The molecule has 32 heavy (non-hydrogen) atoms. The zero-order valence-corrected chi connectivity index (χ0v) is 18.8. The number of fused-ring (bicyclic) bond motifs is 1. The van der Waals surface area contributed by atoms with E-state index in [0.717, 1.165) is 22.6 Å². The van der Waals surface area contributed by atoms with Gasteiger partial charge in [-0.2, -0.15) is 0 Å². The van der Waals surface area contributed by atoms with Crippen LogP contribution >= 0.6 is 11.6 Å². The molecule has 0 unspecified atom stereocenters. The van der Waals surface area contributed by atoms with Gasteiger partial charge in [-0.25, -0.2) is 4.79 Å². The maximum absolute atomic E-state index is 12.8. The van der Waals surface area contributed by atoms with E-state index in [-0.39, 0.29) is 18.7 Å². The zero-order valence-electron chi connectivity index (χ0n) is 18.1. The first kappa shape index (κ1) is 22.4. The molecule has 1 amide bonds. The average molecular weight is 459 g/mol. The molecule has 0 aliphatic carbocycles. The number of aryl methyl sites for hydroxylation is 1. The number of carbonyl (C=O) groups excluding carboxylic acids is 2. The summed E-state index contributed by atoms with van der Waals surface area (Å²) in [6.45, 7) is 4.70. The maximum atomic E-state index is 12.8. The number of hydrogen-bond donors (Lipinski definition) is 0. The third-order valence-corrected chi connectivity index (χ3v) is 6.04. The molecule has 0 radical (unpaired) electrons. The molecule has 1 saturated heterocycles. The van der Waals surface area contributed by atoms with E-state index in [4.69, 9.17) is 25.8 Å². The molecule has 0 saturated carbocycles. The normalized spacial score (nSPS) is 16.6. The summed E-state index contributed by atoms with van der Waals surface area (Å²) in [7, 11) is 0. The third kappa shape index (κ3) is 5.16. The topological polar surface area (TPSA) is 68.3 Å². The van der Waals surface area contributed by atoms with E-state index >= 15 is 0 Å². The molecule has 0 spiro atoms. The molecular formula is C24H27ClN2O5. The van der Waals surface area contributed by atoms with Crippen LogP contribution in [-0.2, 0) is 20.7 Å². The summed E-state index contributed by atoms with van der Waals surface area (Å²) in [6.07, 6.45) is 1.07. The molecule has 2 aromatic rings. The Kier molecular flexibility index (Phi) is 7.17. The number of halogens is 1. The van der Waals surface area contributed by atoms with Gasteiger partial charge in [-0.05, 0) is 48.7 Å². The molecule has 0 N–H and O–H groups in total. The van der Waals surface area contributed by atoms with E-state index in [2.05, 4.69) is 4.90 Å². The van der Waals surface area contributed by atoms with Gasteiger partial charge in [0.1, 0.15) is 6.04 Å². The van der Waals surface area contributed by atoms with Crippen molar-refractivity contribution in [1.82, 2.24) is 9.80 Å². The number of rotatable bonds is 7. The van der Waals surface area contributed by atoms with Crippen molar-refractivity contribution in [2.24, 2.45) is 0 Å². The van der Waals surface area contributed by atoms with E-state index < -0.39 is 6.04 Å². The fourth-order valence-corrected chi connectivity index (χ4v) is 4.22. The van der Waals surface area contributed by atoms with Crippen LogP contribution in [0.5, 0.6) is 11.5 Å². The molecule has 170 valence electrons. The van der Waals surface area contributed by atoms with Gasteiger partial charge in [0.15, 0.2) is 11.5 Å². The largest absolute Gasteiger partial charge is 0.465 e. The van der Waals surface area contributed by atoms with Crippen molar-refractivity contribution >= 4 is 23.5 Å². The molecule has 2 aliphatic rings. The number of hydrogen-bond acceptors (Lipinski definition) is 6. The summed E-state index contributed by atoms with van der Waals surface area (Å²) in [5, 5.41) is 0.620. The first-order valence-electron chi connectivity index (χ1n) is 10.9. The fourth-order valence-electron chi connectivity index (χ4n) is 4.10. The summed E-state index contributed by atoms with van der Waals surface area (Å²) in [5.41, 5.74) is 1.89. The smallest absolute Gasteiger partial charge is 0.328 e. The summed E-state index contributed by atoms with van der Waals surface area (Å²) >= 11 is 6.01. The van der Waals surface area contributed by atoms with E-state index in [1.165, 1.54) is 0 Å². The molecule has 7 nitrogen and oxygen atoms in total. The SMILES string of the molecule is CCOC(=O)[C@@H](c1ccc(Cl)cc1)N1CCN(C(=O)CCc2ccc3c(c2)OCO3)CC1. The van der Waals surface area contributed by atoms with Crippen LogP contribution in [-0.4, -0.2) is 61.3 Å². The van der Waals surface area contributed by atoms with Gasteiger partial charge in [-0.1, -0.05) is 29.8 Å². The second kappa shape index (κ2) is 10.2. The Morgan fingerprint density at radius 1 is 1.03 bits per heavy atom. The molecule has 2 heterocycles. The van der Waals surface area contributed by atoms with Crippen molar-refractivity contribution in [3.05, 3.63) is 58.6 Å². The second-order valence-corrected chi connectivity index (χ2v) is 8.25. The van der Waals surface area contributed by atoms with Crippen LogP contribution in [0.2, 0.25) is 5.02 Å². The predicted octanol–water partition coefficient (Wildman–Crippen LogP) is 3.45. The van der Waals surface area contributed by atoms with Crippen molar-refractivity contribution < 1.29 is 23.8 Å². The minimum Gasteiger partial charge on any atom is -0.465 e. The number of nitrogens with zero attached hydrogens (tertiary/aromatic N) is 2. The summed E-state index contributed by atoms with van der Waals surface area (Å²) < 4.78 is 16.1. The second-order valence-electron chi connectivity index (χ2n) is 7.81. The lowest BCUT2D eigenvalue weighted by Gasteiger charge is -2.38. The van der Waals surface area contributed by atoms with Crippen molar-refractivity contribution in [2.75, 3.05) is 39.6 Å². The number of piperazine rings is 1. The van der Waals surface area contributed by atoms with E-state index in [9.17, 15) is 9.59 Å². The van der Waals surface area contributed by atoms with Gasteiger partial charge < -0.3 is 19.1 Å². The quantitative estimate of drug-likeness (QED) is 0.592. The summed E-state index contributed by atoms with van der Waals surface area (Å²) in [4.78, 5) is 29.4. The van der Waals surface area contributed by atoms with Crippen LogP contribution in [0.4, 0.5) is 0 Å². The monoisotopic (exact) mass is 458 g/mol. The molecular weight excluding hydrogens is 432 g/mol. The van der Waals surface area contributed by atoms with Crippen LogP contribution in [0.1, 0.15) is 30.5 Å². The van der Waals surface area contributed by atoms with E-state index in [1.807, 2.05) is 35.2 Å². The minimum absolute atomic E-state index is 0.112. The maximum Gasteiger partial charge on any atom is 0.328 e. The molecule has 8 heteroatoms. The van der Waals surface area contributed by atoms with Gasteiger partial charge in [0.2, 0.25) is 12.7 Å². The zero-order chi connectivity index (χ0) is 22.5. The first-order chi connectivity index (χ1) is 15.5. The highest BCUT2D eigenvalue weighted by Crippen LogP contribution is 2.33. The highest BCUT2D eigenvalue weighted by atomic mass is 35.5. The minimum atomic E-state index is -0.502. The Labute approximate surface area is 192 Å². The van der Waals surface area contributed by atoms with Gasteiger partial charge in [-0.15, -0.1) is 0 Å². The lowest BCUT2D eigenvalue weighted by Crippen LogP contribution is -2.51. The van der Waals surface area contributed by atoms with Crippen LogP contribution in [0.15, 0.2) is 42.5 Å². The lowest BCUT2D eigenvalue weighted by atomic mass is 10.0. The Hall–Kier alpha value is -2.77. The highest BCUT2D eigenvalue weighted by molar-refractivity contribution is 6.30. The van der Waals surface area contributed by atoms with Gasteiger partial charge >= 0.3 is 5.97 Å². The first-order valence-corrected chi connectivity index (χ1v) is 11.3. The molecule has 0 bridgehead atoms. The third-order valence-electron chi connectivity index (χ3n) is 5.79. The van der Waals surface area contributed by atoms with Gasteiger partial charge in [0, 0.05) is 37.6 Å². The number of ether oxygens (including phenoxy) is 3. The van der Waals surface area contributed by atoms with Gasteiger partial charge in [0.05, 0.1) is 6.61 Å². The Balaban J connectivity index is 1.33.